The van der Waals surface area contributed by atoms with Crippen molar-refractivity contribution in [1.29, 1.82) is 0 Å². The first-order valence-corrected chi connectivity index (χ1v) is 7.10. The average Bonchev–Trinajstić information content (AvgIpc) is 2.68. The zero-order chi connectivity index (χ0) is 16.3. The lowest BCUT2D eigenvalue weighted by Gasteiger charge is -2.26. The van der Waals surface area contributed by atoms with Gasteiger partial charge in [-0.25, -0.2) is 0 Å². The summed E-state index contributed by atoms with van der Waals surface area (Å²) in [6.07, 6.45) is -0.684. The molecule has 1 aromatic rings. The van der Waals surface area contributed by atoms with Crippen LogP contribution < -0.4 is 0 Å². The number of hydrogen-bond acceptors (Lipinski definition) is 4. The van der Waals surface area contributed by atoms with E-state index in [0.717, 1.165) is 4.90 Å². The van der Waals surface area contributed by atoms with Crippen LogP contribution in [0.4, 0.5) is 0 Å². The molecule has 0 unspecified atom stereocenters. The van der Waals surface area contributed by atoms with Crippen molar-refractivity contribution < 1.29 is 24.2 Å². The van der Waals surface area contributed by atoms with E-state index in [1.165, 1.54) is 7.11 Å². The molecule has 0 radical (unpaired) electrons. The summed E-state index contributed by atoms with van der Waals surface area (Å²) in [6.45, 7) is 0.295. The lowest BCUT2D eigenvalue weighted by atomic mass is 9.76. The van der Waals surface area contributed by atoms with E-state index in [0.29, 0.717) is 5.56 Å². The minimum atomic E-state index is -1.45. The Bertz CT molecular complexity index is 618. The summed E-state index contributed by atoms with van der Waals surface area (Å²) < 4.78 is 4.89. The van der Waals surface area contributed by atoms with Gasteiger partial charge < -0.3 is 9.84 Å². The summed E-state index contributed by atoms with van der Waals surface area (Å²) in [5.74, 6) is -2.11. The molecule has 0 aliphatic carbocycles. The second kappa shape index (κ2) is 6.46. The fourth-order valence-electron chi connectivity index (χ4n) is 2.76. The number of imide groups is 1. The third-order valence-corrected chi connectivity index (χ3v) is 4.10. The molecule has 1 aromatic carbocycles. The second-order valence-electron chi connectivity index (χ2n) is 5.15. The third kappa shape index (κ3) is 2.84. The van der Waals surface area contributed by atoms with E-state index < -0.39 is 29.6 Å². The fourth-order valence-corrected chi connectivity index (χ4v) is 3.08. The van der Waals surface area contributed by atoms with Gasteiger partial charge in [0.2, 0.25) is 11.8 Å². The highest BCUT2D eigenvalue weighted by molar-refractivity contribution is 6.32. The molecular weight excluding hydrogens is 310 g/mol. The van der Waals surface area contributed by atoms with Gasteiger partial charge in [0.1, 0.15) is 0 Å². The number of ether oxygens (including phenoxy) is 1. The number of carbonyl (C=O) groups excluding carboxylic acids is 2. The molecule has 118 valence electrons. The van der Waals surface area contributed by atoms with Gasteiger partial charge in [0.05, 0.1) is 25.0 Å². The van der Waals surface area contributed by atoms with E-state index in [1.54, 1.807) is 24.3 Å². The Kier molecular flexibility index (Phi) is 4.83. The lowest BCUT2D eigenvalue weighted by molar-refractivity contribution is -0.145. The highest BCUT2D eigenvalue weighted by atomic mass is 35.5. The summed E-state index contributed by atoms with van der Waals surface area (Å²) in [5, 5.41) is 9.48. The number of aliphatic carboxylic acids is 1. The van der Waals surface area contributed by atoms with Crippen LogP contribution in [0.15, 0.2) is 24.3 Å². The molecule has 1 fully saturated rings. The number of rotatable bonds is 6. The summed E-state index contributed by atoms with van der Waals surface area (Å²) in [6, 6.07) is 6.52. The molecule has 2 rings (SSSR count). The first-order chi connectivity index (χ1) is 10.4. The van der Waals surface area contributed by atoms with Crippen LogP contribution in [-0.2, 0) is 24.5 Å². The standard InChI is InChI=1S/C15H16ClNO5/c1-22-7-6-17-12(18)8-15(14(17)21,9-13(19)20)10-4-2-3-5-11(10)16/h2-5H,6-9H2,1H3,(H,19,20)/t15-/m1/s1. The Morgan fingerprint density at radius 1 is 1.41 bits per heavy atom. The SMILES string of the molecule is COCCN1C(=O)C[C@@](CC(=O)O)(c2ccccc2Cl)C1=O. The molecule has 1 atom stereocenters. The molecule has 1 N–H and O–H groups in total. The molecule has 2 amide bonds. The summed E-state index contributed by atoms with van der Waals surface area (Å²) in [7, 11) is 1.46. The van der Waals surface area contributed by atoms with Gasteiger partial charge in [0.15, 0.2) is 0 Å². The van der Waals surface area contributed by atoms with Gasteiger partial charge in [0.25, 0.3) is 0 Å². The quantitative estimate of drug-likeness (QED) is 0.800. The number of methoxy groups -OCH3 is 1. The molecule has 0 saturated carbocycles. The number of hydrogen-bond donors (Lipinski definition) is 1. The van der Waals surface area contributed by atoms with Crippen molar-refractivity contribution in [3.05, 3.63) is 34.9 Å². The molecule has 0 bridgehead atoms. The topological polar surface area (TPSA) is 83.9 Å². The number of amides is 2. The molecule has 1 aliphatic heterocycles. The van der Waals surface area contributed by atoms with Gasteiger partial charge >= 0.3 is 5.97 Å². The zero-order valence-corrected chi connectivity index (χ0v) is 12.8. The van der Waals surface area contributed by atoms with Crippen molar-refractivity contribution in [1.82, 2.24) is 4.90 Å². The van der Waals surface area contributed by atoms with Crippen LogP contribution in [0.2, 0.25) is 5.02 Å². The van der Waals surface area contributed by atoms with Crippen molar-refractivity contribution in [3.63, 3.8) is 0 Å². The number of halogens is 1. The van der Waals surface area contributed by atoms with Crippen LogP contribution in [0.25, 0.3) is 0 Å². The van der Waals surface area contributed by atoms with E-state index in [9.17, 15) is 19.5 Å². The van der Waals surface area contributed by atoms with Gasteiger partial charge in [-0.2, -0.15) is 0 Å². The maximum atomic E-state index is 12.8. The molecule has 1 heterocycles. The van der Waals surface area contributed by atoms with Crippen LogP contribution in [0.1, 0.15) is 18.4 Å². The molecule has 6 nitrogen and oxygen atoms in total. The van der Waals surface area contributed by atoms with Crippen molar-refractivity contribution in [3.8, 4) is 0 Å². The number of carbonyl (C=O) groups is 3. The number of likely N-dealkylation sites (tertiary alicyclic amines) is 1. The maximum absolute atomic E-state index is 12.8. The van der Waals surface area contributed by atoms with E-state index in [2.05, 4.69) is 0 Å². The van der Waals surface area contributed by atoms with Crippen LogP contribution in [0.5, 0.6) is 0 Å². The van der Waals surface area contributed by atoms with Crippen LogP contribution >= 0.6 is 11.6 Å². The molecular formula is C15H16ClNO5. The maximum Gasteiger partial charge on any atom is 0.304 e. The first kappa shape index (κ1) is 16.5. The Morgan fingerprint density at radius 3 is 2.68 bits per heavy atom. The number of benzene rings is 1. The highest BCUT2D eigenvalue weighted by Crippen LogP contribution is 2.42. The number of carboxylic acid groups (broad SMARTS) is 1. The van der Waals surface area contributed by atoms with Gasteiger partial charge in [-0.05, 0) is 11.6 Å². The summed E-state index contributed by atoms with van der Waals surface area (Å²) >= 11 is 6.14. The smallest absolute Gasteiger partial charge is 0.304 e. The molecule has 0 aromatic heterocycles. The molecule has 1 saturated heterocycles. The van der Waals surface area contributed by atoms with Crippen LogP contribution in [-0.4, -0.2) is 48.1 Å². The van der Waals surface area contributed by atoms with Crippen LogP contribution in [0, 0.1) is 0 Å². The largest absolute Gasteiger partial charge is 0.481 e. The van der Waals surface area contributed by atoms with E-state index in [1.807, 2.05) is 0 Å². The minimum absolute atomic E-state index is 0.0972. The lowest BCUT2D eigenvalue weighted by Crippen LogP contribution is -2.41. The Morgan fingerprint density at radius 2 is 2.09 bits per heavy atom. The zero-order valence-electron chi connectivity index (χ0n) is 12.0. The molecule has 0 spiro atoms. The van der Waals surface area contributed by atoms with Gasteiger partial charge in [0, 0.05) is 18.6 Å². The van der Waals surface area contributed by atoms with Gasteiger partial charge in [-0.3, -0.25) is 19.3 Å². The van der Waals surface area contributed by atoms with Crippen molar-refractivity contribution in [2.24, 2.45) is 0 Å². The van der Waals surface area contributed by atoms with E-state index >= 15 is 0 Å². The monoisotopic (exact) mass is 325 g/mol. The second-order valence-corrected chi connectivity index (χ2v) is 5.56. The van der Waals surface area contributed by atoms with E-state index in [-0.39, 0.29) is 24.6 Å². The number of carboxylic acids is 1. The van der Waals surface area contributed by atoms with Gasteiger partial charge in [-0.1, -0.05) is 29.8 Å². The van der Waals surface area contributed by atoms with Crippen LogP contribution in [0.3, 0.4) is 0 Å². The fraction of sp³-hybridized carbons (Fsp3) is 0.400. The molecule has 7 heteroatoms. The predicted octanol–water partition coefficient (Wildman–Crippen LogP) is 1.46. The third-order valence-electron chi connectivity index (χ3n) is 3.77. The molecule has 22 heavy (non-hydrogen) atoms. The first-order valence-electron chi connectivity index (χ1n) is 6.73. The highest BCUT2D eigenvalue weighted by Gasteiger charge is 2.54. The van der Waals surface area contributed by atoms with Crippen molar-refractivity contribution in [2.45, 2.75) is 18.3 Å². The van der Waals surface area contributed by atoms with Gasteiger partial charge in [-0.15, -0.1) is 0 Å². The number of nitrogens with zero attached hydrogens (tertiary/aromatic N) is 1. The average molecular weight is 326 g/mol. The van der Waals surface area contributed by atoms with E-state index in [4.69, 9.17) is 16.3 Å². The van der Waals surface area contributed by atoms with Crippen molar-refractivity contribution in [2.75, 3.05) is 20.3 Å². The summed E-state index contributed by atoms with van der Waals surface area (Å²) in [5.41, 5.74) is -1.08. The molecule has 1 aliphatic rings. The predicted molar refractivity (Wildman–Crippen MR) is 78.6 cm³/mol. The summed E-state index contributed by atoms with van der Waals surface area (Å²) in [4.78, 5) is 37.3. The Balaban J connectivity index is 2.48. The minimum Gasteiger partial charge on any atom is -0.481 e. The Labute approximate surface area is 132 Å². The normalized spacial score (nSPS) is 21.5. The Hall–Kier alpha value is -1.92. The van der Waals surface area contributed by atoms with Crippen molar-refractivity contribution >= 4 is 29.4 Å².